The van der Waals surface area contributed by atoms with Crippen molar-refractivity contribution in [1.29, 1.82) is 0 Å². The first-order valence-corrected chi connectivity index (χ1v) is 10.8. The number of rotatable bonds is 3. The first-order chi connectivity index (χ1) is 12.8. The van der Waals surface area contributed by atoms with Gasteiger partial charge < -0.3 is 4.74 Å². The van der Waals surface area contributed by atoms with Crippen LogP contribution in [0.1, 0.15) is 48.8 Å². The second-order valence-corrected chi connectivity index (χ2v) is 9.81. The predicted octanol–water partition coefficient (Wildman–Crippen LogP) is 2.77. The molecule has 0 radical (unpaired) electrons. The number of benzene rings is 1. The molecular weight excluding hydrogens is 362 g/mol. The standard InChI is InChI=1S/C20H25N3O3S/c1-14(2)16-4-6-18(7-5-16)27(24,25)23-9-8-20(12-23)13-26-11-17-10-21-15(3)22-19(17)20/h4-7,10,14H,8-9,11-13H2,1-3H3/t20-/m0/s1. The van der Waals surface area contributed by atoms with E-state index < -0.39 is 10.0 Å². The van der Waals surface area contributed by atoms with E-state index in [1.54, 1.807) is 22.6 Å². The third-order valence-corrected chi connectivity index (χ3v) is 7.49. The second-order valence-electron chi connectivity index (χ2n) is 7.88. The molecule has 6 nitrogen and oxygen atoms in total. The third kappa shape index (κ3) is 3.17. The molecule has 0 aliphatic carbocycles. The SMILES string of the molecule is Cc1ncc2c(n1)[C@]1(CCN(S(=O)(=O)c3ccc(C(C)C)cc3)C1)COC2. The van der Waals surface area contributed by atoms with Crippen LogP contribution >= 0.6 is 0 Å². The maximum absolute atomic E-state index is 13.2. The van der Waals surface area contributed by atoms with Gasteiger partial charge in [0.25, 0.3) is 0 Å². The van der Waals surface area contributed by atoms with Crippen molar-refractivity contribution in [2.45, 2.75) is 50.0 Å². The summed E-state index contributed by atoms with van der Waals surface area (Å²) < 4.78 is 33.7. The summed E-state index contributed by atoms with van der Waals surface area (Å²) in [5.74, 6) is 1.08. The van der Waals surface area contributed by atoms with Crippen LogP contribution in [0.3, 0.4) is 0 Å². The average molecular weight is 388 g/mol. The molecule has 3 heterocycles. The minimum atomic E-state index is -3.53. The lowest BCUT2D eigenvalue weighted by molar-refractivity contribution is 0.0529. The van der Waals surface area contributed by atoms with Gasteiger partial charge in [0.2, 0.25) is 10.0 Å². The largest absolute Gasteiger partial charge is 0.376 e. The summed E-state index contributed by atoms with van der Waals surface area (Å²) in [5.41, 5.74) is 2.67. The molecule has 1 saturated heterocycles. The van der Waals surface area contributed by atoms with Crippen molar-refractivity contribution in [3.05, 3.63) is 53.1 Å². The fraction of sp³-hybridized carbons (Fsp3) is 0.500. The van der Waals surface area contributed by atoms with Crippen LogP contribution in [0, 0.1) is 6.92 Å². The van der Waals surface area contributed by atoms with Crippen LogP contribution in [-0.2, 0) is 26.8 Å². The van der Waals surface area contributed by atoms with E-state index in [0.717, 1.165) is 16.8 Å². The Morgan fingerprint density at radius 2 is 1.96 bits per heavy atom. The molecule has 1 atom stereocenters. The Balaban J connectivity index is 1.64. The van der Waals surface area contributed by atoms with Gasteiger partial charge in [0.05, 0.1) is 29.2 Å². The maximum Gasteiger partial charge on any atom is 0.243 e. The molecule has 27 heavy (non-hydrogen) atoms. The zero-order valence-corrected chi connectivity index (χ0v) is 16.8. The molecule has 0 unspecified atom stereocenters. The highest BCUT2D eigenvalue weighted by molar-refractivity contribution is 7.89. The molecule has 0 bridgehead atoms. The number of hydrogen-bond donors (Lipinski definition) is 0. The van der Waals surface area contributed by atoms with Crippen LogP contribution in [0.15, 0.2) is 35.4 Å². The van der Waals surface area contributed by atoms with E-state index in [2.05, 4.69) is 23.8 Å². The van der Waals surface area contributed by atoms with Crippen LogP contribution < -0.4 is 0 Å². The van der Waals surface area contributed by atoms with Crippen LogP contribution in [0.5, 0.6) is 0 Å². The van der Waals surface area contributed by atoms with Gasteiger partial charge >= 0.3 is 0 Å². The zero-order valence-electron chi connectivity index (χ0n) is 16.0. The Labute approximate surface area is 160 Å². The molecule has 1 fully saturated rings. The van der Waals surface area contributed by atoms with Gasteiger partial charge in [0.1, 0.15) is 5.82 Å². The number of nitrogens with zero attached hydrogens (tertiary/aromatic N) is 3. The van der Waals surface area contributed by atoms with Crippen LogP contribution in [0.2, 0.25) is 0 Å². The van der Waals surface area contributed by atoms with E-state index >= 15 is 0 Å². The van der Waals surface area contributed by atoms with Gasteiger partial charge in [-0.1, -0.05) is 26.0 Å². The topological polar surface area (TPSA) is 72.4 Å². The van der Waals surface area contributed by atoms with E-state index in [1.807, 2.05) is 19.1 Å². The van der Waals surface area contributed by atoms with Gasteiger partial charge in [0, 0.05) is 24.8 Å². The normalized spacial score (nSPS) is 23.1. The predicted molar refractivity (Wildman–Crippen MR) is 102 cm³/mol. The summed E-state index contributed by atoms with van der Waals surface area (Å²) in [4.78, 5) is 9.27. The smallest absolute Gasteiger partial charge is 0.243 e. The molecule has 144 valence electrons. The van der Waals surface area contributed by atoms with E-state index in [-0.39, 0.29) is 5.41 Å². The molecular formula is C20H25N3O3S. The number of hydrogen-bond acceptors (Lipinski definition) is 5. The highest BCUT2D eigenvalue weighted by Gasteiger charge is 2.48. The first kappa shape index (κ1) is 18.5. The Morgan fingerprint density at radius 1 is 1.22 bits per heavy atom. The molecule has 0 amide bonds. The quantitative estimate of drug-likeness (QED) is 0.810. The van der Waals surface area contributed by atoms with Crippen molar-refractivity contribution < 1.29 is 13.2 Å². The molecule has 7 heteroatoms. The minimum absolute atomic E-state index is 0.347. The molecule has 1 aromatic carbocycles. The van der Waals surface area contributed by atoms with Gasteiger partial charge in [-0.25, -0.2) is 18.4 Å². The molecule has 0 saturated carbocycles. The van der Waals surface area contributed by atoms with E-state index in [1.165, 1.54) is 0 Å². The average Bonchev–Trinajstić information content (AvgIpc) is 3.08. The van der Waals surface area contributed by atoms with E-state index in [0.29, 0.717) is 49.4 Å². The number of aryl methyl sites for hydroxylation is 1. The summed E-state index contributed by atoms with van der Waals surface area (Å²) in [6.07, 6.45) is 2.51. The second kappa shape index (κ2) is 6.65. The van der Waals surface area contributed by atoms with E-state index in [4.69, 9.17) is 4.74 Å². The summed E-state index contributed by atoms with van der Waals surface area (Å²) in [6.45, 7) is 7.90. The molecule has 2 aliphatic heterocycles. The third-order valence-electron chi connectivity index (χ3n) is 5.63. The molecule has 1 aromatic heterocycles. The van der Waals surface area contributed by atoms with Crippen molar-refractivity contribution in [3.8, 4) is 0 Å². The first-order valence-electron chi connectivity index (χ1n) is 9.33. The van der Waals surface area contributed by atoms with Crippen molar-refractivity contribution in [2.24, 2.45) is 0 Å². The monoisotopic (exact) mass is 387 g/mol. The lowest BCUT2D eigenvalue weighted by Crippen LogP contribution is -2.41. The molecule has 4 rings (SSSR count). The zero-order chi connectivity index (χ0) is 19.2. The molecule has 2 aromatic rings. The van der Waals surface area contributed by atoms with E-state index in [9.17, 15) is 8.42 Å². The van der Waals surface area contributed by atoms with Gasteiger partial charge in [-0.15, -0.1) is 0 Å². The van der Waals surface area contributed by atoms with Crippen molar-refractivity contribution in [1.82, 2.24) is 14.3 Å². The number of aromatic nitrogens is 2. The fourth-order valence-corrected chi connectivity index (χ4v) is 5.54. The van der Waals surface area contributed by atoms with Crippen LogP contribution in [-0.4, -0.2) is 42.4 Å². The van der Waals surface area contributed by atoms with Crippen molar-refractivity contribution in [3.63, 3.8) is 0 Å². The number of ether oxygens (including phenoxy) is 1. The lowest BCUT2D eigenvalue weighted by atomic mass is 9.81. The Hall–Kier alpha value is -1.83. The number of fused-ring (bicyclic) bond motifs is 2. The Kier molecular flexibility index (Phi) is 4.56. The highest BCUT2D eigenvalue weighted by Crippen LogP contribution is 2.40. The lowest BCUT2D eigenvalue weighted by Gasteiger charge is -2.34. The Morgan fingerprint density at radius 3 is 2.67 bits per heavy atom. The Bertz CT molecular complexity index is 957. The maximum atomic E-state index is 13.2. The summed E-state index contributed by atoms with van der Waals surface area (Å²) in [6, 6.07) is 7.23. The van der Waals surface area contributed by atoms with Crippen LogP contribution in [0.25, 0.3) is 0 Å². The highest BCUT2D eigenvalue weighted by atomic mass is 32.2. The molecule has 2 aliphatic rings. The fourth-order valence-electron chi connectivity index (χ4n) is 4.01. The minimum Gasteiger partial charge on any atom is -0.376 e. The van der Waals surface area contributed by atoms with Crippen molar-refractivity contribution >= 4 is 10.0 Å². The summed E-state index contributed by atoms with van der Waals surface area (Å²) in [7, 11) is -3.53. The number of sulfonamides is 1. The van der Waals surface area contributed by atoms with Gasteiger partial charge in [-0.05, 0) is 37.0 Å². The summed E-state index contributed by atoms with van der Waals surface area (Å²) in [5, 5.41) is 0. The molecule has 1 spiro atoms. The van der Waals surface area contributed by atoms with Crippen LogP contribution in [0.4, 0.5) is 0 Å². The van der Waals surface area contributed by atoms with Crippen molar-refractivity contribution in [2.75, 3.05) is 19.7 Å². The summed E-state index contributed by atoms with van der Waals surface area (Å²) >= 11 is 0. The van der Waals surface area contributed by atoms with Gasteiger partial charge in [0.15, 0.2) is 0 Å². The van der Waals surface area contributed by atoms with Gasteiger partial charge in [-0.3, -0.25) is 0 Å². The molecule has 0 N–H and O–H groups in total. The van der Waals surface area contributed by atoms with Gasteiger partial charge in [-0.2, -0.15) is 4.31 Å².